The van der Waals surface area contributed by atoms with Gasteiger partial charge in [0, 0.05) is 0 Å². The number of unbranched alkanes of at least 4 members (excludes halogenated alkanes) is 5. The molecular formula is C19H30O3. The summed E-state index contributed by atoms with van der Waals surface area (Å²) in [5, 5.41) is 19.6. The maximum Gasteiger partial charge on any atom is 0.335 e. The van der Waals surface area contributed by atoms with Crippen LogP contribution in [0.5, 0.6) is 5.75 Å². The number of benzene rings is 1. The van der Waals surface area contributed by atoms with Crippen molar-refractivity contribution in [2.24, 2.45) is 0 Å². The van der Waals surface area contributed by atoms with Crippen LogP contribution in [-0.2, 0) is 11.8 Å². The van der Waals surface area contributed by atoms with E-state index in [0.29, 0.717) is 5.56 Å². The largest absolute Gasteiger partial charge is 0.508 e. The third-order valence-corrected chi connectivity index (χ3v) is 4.05. The molecule has 0 fully saturated rings. The predicted octanol–water partition coefficient (Wildman–Crippen LogP) is 5.29. The number of aromatic carboxylic acids is 1. The lowest BCUT2D eigenvalue weighted by molar-refractivity contribution is 0.0694. The predicted molar refractivity (Wildman–Crippen MR) is 90.8 cm³/mol. The van der Waals surface area contributed by atoms with Crippen LogP contribution >= 0.6 is 0 Å². The Morgan fingerprint density at radius 3 is 2.18 bits per heavy atom. The van der Waals surface area contributed by atoms with Crippen LogP contribution in [0.15, 0.2) is 12.1 Å². The van der Waals surface area contributed by atoms with E-state index in [1.165, 1.54) is 37.8 Å². The Morgan fingerprint density at radius 2 is 1.64 bits per heavy atom. The van der Waals surface area contributed by atoms with Crippen molar-refractivity contribution in [3.8, 4) is 5.75 Å². The summed E-state index contributed by atoms with van der Waals surface area (Å²) >= 11 is 0. The summed E-state index contributed by atoms with van der Waals surface area (Å²) in [5.41, 5.74) is 1.59. The zero-order chi connectivity index (χ0) is 16.8. The molecule has 0 aromatic heterocycles. The molecule has 0 radical (unpaired) electrons. The van der Waals surface area contributed by atoms with Gasteiger partial charge in [-0.25, -0.2) is 4.79 Å². The van der Waals surface area contributed by atoms with Crippen molar-refractivity contribution >= 4 is 5.97 Å². The van der Waals surface area contributed by atoms with Crippen molar-refractivity contribution < 1.29 is 15.0 Å². The summed E-state index contributed by atoms with van der Waals surface area (Å²) in [6, 6.07) is 3.04. The molecule has 2 N–H and O–H groups in total. The summed E-state index contributed by atoms with van der Waals surface area (Å²) < 4.78 is 0. The fourth-order valence-electron chi connectivity index (χ4n) is 3.01. The second kappa shape index (κ2) is 8.21. The molecule has 124 valence electrons. The van der Waals surface area contributed by atoms with Crippen LogP contribution in [-0.4, -0.2) is 16.2 Å². The van der Waals surface area contributed by atoms with E-state index >= 15 is 0 Å². The molecule has 0 unspecified atom stereocenters. The molecule has 0 amide bonds. The van der Waals surface area contributed by atoms with E-state index in [4.69, 9.17) is 0 Å². The molecule has 0 aliphatic carbocycles. The first kappa shape index (κ1) is 18.5. The summed E-state index contributed by atoms with van der Waals surface area (Å²) in [6.45, 7) is 8.20. The zero-order valence-electron chi connectivity index (χ0n) is 14.4. The van der Waals surface area contributed by atoms with Crippen molar-refractivity contribution in [2.75, 3.05) is 0 Å². The highest BCUT2D eigenvalue weighted by atomic mass is 16.4. The average Bonchev–Trinajstić information content (AvgIpc) is 2.42. The summed E-state index contributed by atoms with van der Waals surface area (Å²) in [6.07, 6.45) is 7.82. The van der Waals surface area contributed by atoms with Crippen molar-refractivity contribution in [2.45, 2.75) is 78.1 Å². The maximum absolute atomic E-state index is 11.5. The number of phenolic OH excluding ortho intramolecular Hbond substituents is 1. The van der Waals surface area contributed by atoms with Gasteiger partial charge in [0.15, 0.2) is 0 Å². The Bertz CT molecular complexity index is 498. The Morgan fingerprint density at radius 1 is 1.05 bits per heavy atom. The number of carbonyl (C=O) groups is 1. The second-order valence-corrected chi connectivity index (χ2v) is 7.06. The van der Waals surface area contributed by atoms with Gasteiger partial charge in [-0.3, -0.25) is 0 Å². The Labute approximate surface area is 134 Å². The van der Waals surface area contributed by atoms with E-state index in [1.807, 2.05) is 20.8 Å². The van der Waals surface area contributed by atoms with E-state index < -0.39 is 5.97 Å². The van der Waals surface area contributed by atoms with E-state index in [2.05, 4.69) is 6.92 Å². The molecule has 0 saturated heterocycles. The molecule has 0 saturated carbocycles. The molecule has 3 nitrogen and oxygen atoms in total. The van der Waals surface area contributed by atoms with Gasteiger partial charge in [0.25, 0.3) is 0 Å². The van der Waals surface area contributed by atoms with Gasteiger partial charge in [-0.15, -0.1) is 0 Å². The number of aromatic hydroxyl groups is 1. The first-order chi connectivity index (χ1) is 10.3. The van der Waals surface area contributed by atoms with Crippen LogP contribution in [0.3, 0.4) is 0 Å². The van der Waals surface area contributed by atoms with Crippen molar-refractivity contribution in [1.82, 2.24) is 0 Å². The Balaban J connectivity index is 2.93. The van der Waals surface area contributed by atoms with Gasteiger partial charge in [-0.2, -0.15) is 0 Å². The smallest absolute Gasteiger partial charge is 0.335 e. The standard InChI is InChI=1S/C19H30O3/c1-5-6-7-8-9-10-11-14-16(20)13-12-15(18(21)22)17(14)19(2,3)4/h12-13,20H,5-11H2,1-4H3,(H,21,22). The van der Waals surface area contributed by atoms with E-state index in [-0.39, 0.29) is 11.2 Å². The van der Waals surface area contributed by atoms with Gasteiger partial charge in [-0.1, -0.05) is 59.8 Å². The van der Waals surface area contributed by atoms with Gasteiger partial charge in [-0.05, 0) is 41.5 Å². The second-order valence-electron chi connectivity index (χ2n) is 7.06. The lowest BCUT2D eigenvalue weighted by atomic mass is 9.79. The molecule has 0 atom stereocenters. The summed E-state index contributed by atoms with van der Waals surface area (Å²) in [7, 11) is 0. The molecule has 0 aliphatic heterocycles. The SMILES string of the molecule is CCCCCCCCc1c(O)ccc(C(=O)O)c1C(C)(C)C. The van der Waals surface area contributed by atoms with E-state index in [0.717, 1.165) is 30.4 Å². The van der Waals surface area contributed by atoms with Crippen molar-refractivity contribution in [3.05, 3.63) is 28.8 Å². The maximum atomic E-state index is 11.5. The lowest BCUT2D eigenvalue weighted by Gasteiger charge is -2.26. The van der Waals surface area contributed by atoms with Gasteiger partial charge in [0.2, 0.25) is 0 Å². The fraction of sp³-hybridized carbons (Fsp3) is 0.632. The number of carboxylic acids is 1. The minimum Gasteiger partial charge on any atom is -0.508 e. The van der Waals surface area contributed by atoms with Crippen LogP contribution in [0.4, 0.5) is 0 Å². The van der Waals surface area contributed by atoms with Gasteiger partial charge in [0.1, 0.15) is 5.75 Å². The highest BCUT2D eigenvalue weighted by Gasteiger charge is 2.26. The fourth-order valence-corrected chi connectivity index (χ4v) is 3.01. The number of carboxylic acid groups (broad SMARTS) is 1. The molecule has 1 rings (SSSR count). The molecule has 1 aromatic rings. The molecule has 22 heavy (non-hydrogen) atoms. The third kappa shape index (κ3) is 5.04. The van der Waals surface area contributed by atoms with Crippen LogP contribution < -0.4 is 0 Å². The first-order valence-corrected chi connectivity index (χ1v) is 8.37. The first-order valence-electron chi connectivity index (χ1n) is 8.37. The topological polar surface area (TPSA) is 57.5 Å². The highest BCUT2D eigenvalue weighted by Crippen LogP contribution is 2.35. The lowest BCUT2D eigenvalue weighted by Crippen LogP contribution is -2.20. The minimum absolute atomic E-state index is 0.225. The van der Waals surface area contributed by atoms with Crippen LogP contribution in [0.1, 0.15) is 87.7 Å². The normalized spacial score (nSPS) is 11.6. The van der Waals surface area contributed by atoms with Gasteiger partial charge in [0.05, 0.1) is 5.56 Å². The Kier molecular flexibility index (Phi) is 6.92. The minimum atomic E-state index is -0.922. The number of phenols is 1. The number of hydrogen-bond acceptors (Lipinski definition) is 2. The summed E-state index contributed by atoms with van der Waals surface area (Å²) in [5.74, 6) is -0.697. The van der Waals surface area contributed by atoms with Crippen LogP contribution in [0.2, 0.25) is 0 Å². The number of hydrogen-bond donors (Lipinski definition) is 2. The molecule has 0 aliphatic rings. The quantitative estimate of drug-likeness (QED) is 0.641. The highest BCUT2D eigenvalue weighted by molar-refractivity contribution is 5.90. The monoisotopic (exact) mass is 306 g/mol. The van der Waals surface area contributed by atoms with Crippen LogP contribution in [0.25, 0.3) is 0 Å². The third-order valence-electron chi connectivity index (χ3n) is 4.05. The average molecular weight is 306 g/mol. The molecular weight excluding hydrogens is 276 g/mol. The molecule has 0 heterocycles. The van der Waals surface area contributed by atoms with Crippen molar-refractivity contribution in [1.29, 1.82) is 0 Å². The number of rotatable bonds is 8. The molecule has 3 heteroatoms. The molecule has 1 aromatic carbocycles. The summed E-state index contributed by atoms with van der Waals surface area (Å²) in [4.78, 5) is 11.5. The molecule has 0 bridgehead atoms. The van der Waals surface area contributed by atoms with Crippen LogP contribution in [0, 0.1) is 0 Å². The molecule has 0 spiro atoms. The van der Waals surface area contributed by atoms with E-state index in [9.17, 15) is 15.0 Å². The van der Waals surface area contributed by atoms with Gasteiger partial charge < -0.3 is 10.2 Å². The Hall–Kier alpha value is -1.51. The van der Waals surface area contributed by atoms with Gasteiger partial charge >= 0.3 is 5.97 Å². The van der Waals surface area contributed by atoms with E-state index in [1.54, 1.807) is 0 Å². The van der Waals surface area contributed by atoms with Crippen molar-refractivity contribution in [3.63, 3.8) is 0 Å². The zero-order valence-corrected chi connectivity index (χ0v) is 14.4.